The number of hydrogen-bond acceptors (Lipinski definition) is 3. The van der Waals surface area contributed by atoms with Gasteiger partial charge in [-0.2, -0.15) is 0 Å². The van der Waals surface area contributed by atoms with Crippen molar-refractivity contribution >= 4 is 35.0 Å². The van der Waals surface area contributed by atoms with Gasteiger partial charge in [-0.3, -0.25) is 9.59 Å². The number of hydrogen-bond donors (Lipinski definition) is 1. The van der Waals surface area contributed by atoms with E-state index >= 15 is 0 Å². The molecular weight excluding hydrogens is 375 g/mol. The van der Waals surface area contributed by atoms with Gasteiger partial charge < -0.3 is 15.0 Å². The molecule has 0 aliphatic carbocycles. The highest BCUT2D eigenvalue weighted by molar-refractivity contribution is 6.32. The van der Waals surface area contributed by atoms with Crippen LogP contribution >= 0.6 is 23.2 Å². The van der Waals surface area contributed by atoms with Gasteiger partial charge in [0.05, 0.1) is 11.6 Å². The molecule has 2 amide bonds. The third-order valence-corrected chi connectivity index (χ3v) is 4.24. The number of amides is 2. The Balaban J connectivity index is 1.67. The van der Waals surface area contributed by atoms with Crippen molar-refractivity contribution in [3.63, 3.8) is 0 Å². The molecule has 26 heavy (non-hydrogen) atoms. The van der Waals surface area contributed by atoms with E-state index in [0.717, 1.165) is 0 Å². The number of carbonyl (C=O) groups excluding carboxylic acids is 2. The van der Waals surface area contributed by atoms with Gasteiger partial charge in [0.25, 0.3) is 5.91 Å². The molecule has 2 aromatic rings. The minimum Gasteiger partial charge on any atom is -0.490 e. The molecule has 0 aliphatic heterocycles. The van der Waals surface area contributed by atoms with E-state index in [0.29, 0.717) is 34.5 Å². The Kier molecular flexibility index (Phi) is 7.75. The Morgan fingerprint density at radius 3 is 2.46 bits per heavy atom. The fourth-order valence-corrected chi connectivity index (χ4v) is 2.47. The first kappa shape index (κ1) is 20.1. The number of nitrogens with one attached hydrogen (secondary N) is 1. The Hall–Kier alpha value is -2.24. The van der Waals surface area contributed by atoms with E-state index in [4.69, 9.17) is 27.9 Å². The van der Waals surface area contributed by atoms with Crippen molar-refractivity contribution in [1.82, 2.24) is 10.2 Å². The van der Waals surface area contributed by atoms with E-state index in [9.17, 15) is 9.59 Å². The van der Waals surface area contributed by atoms with Crippen molar-refractivity contribution in [2.45, 2.75) is 6.42 Å². The minimum absolute atomic E-state index is 0.0795. The zero-order chi connectivity index (χ0) is 18.9. The monoisotopic (exact) mass is 394 g/mol. The summed E-state index contributed by atoms with van der Waals surface area (Å²) in [5.41, 5.74) is 0.503. The smallest absolute Gasteiger partial charge is 0.251 e. The average molecular weight is 395 g/mol. The van der Waals surface area contributed by atoms with Crippen LogP contribution in [0.15, 0.2) is 48.5 Å². The first-order valence-corrected chi connectivity index (χ1v) is 8.88. The second kappa shape index (κ2) is 10.0. The maximum absolute atomic E-state index is 12.1. The number of likely N-dealkylation sites (N-methyl/N-ethyl adjacent to an activating group) is 1. The van der Waals surface area contributed by atoms with Crippen LogP contribution in [0.1, 0.15) is 16.8 Å². The minimum atomic E-state index is -0.237. The summed E-state index contributed by atoms with van der Waals surface area (Å²) in [7, 11) is 1.69. The van der Waals surface area contributed by atoms with Crippen LogP contribution < -0.4 is 10.1 Å². The fourth-order valence-electron chi connectivity index (χ4n) is 2.16. The van der Waals surface area contributed by atoms with Crippen molar-refractivity contribution in [2.24, 2.45) is 0 Å². The van der Waals surface area contributed by atoms with Crippen molar-refractivity contribution in [3.8, 4) is 5.75 Å². The third-order valence-electron chi connectivity index (χ3n) is 3.68. The summed E-state index contributed by atoms with van der Waals surface area (Å²) < 4.78 is 5.56. The molecule has 0 heterocycles. The van der Waals surface area contributed by atoms with E-state index < -0.39 is 0 Å². The molecule has 0 aliphatic rings. The number of benzene rings is 2. The van der Waals surface area contributed by atoms with Gasteiger partial charge in [-0.25, -0.2) is 0 Å². The molecule has 0 unspecified atom stereocenters. The lowest BCUT2D eigenvalue weighted by atomic mass is 10.2. The summed E-state index contributed by atoms with van der Waals surface area (Å²) >= 11 is 11.8. The van der Waals surface area contributed by atoms with Crippen LogP contribution in [-0.2, 0) is 4.79 Å². The Bertz CT molecular complexity index is 751. The average Bonchev–Trinajstić information content (AvgIpc) is 2.63. The lowest BCUT2D eigenvalue weighted by Crippen LogP contribution is -2.34. The first-order valence-electron chi connectivity index (χ1n) is 8.12. The van der Waals surface area contributed by atoms with Gasteiger partial charge in [0, 0.05) is 30.6 Å². The first-order chi connectivity index (χ1) is 12.5. The summed E-state index contributed by atoms with van der Waals surface area (Å²) in [6.07, 6.45) is 0.210. The highest BCUT2D eigenvalue weighted by atomic mass is 35.5. The highest BCUT2D eigenvalue weighted by Crippen LogP contribution is 2.22. The van der Waals surface area contributed by atoms with Crippen LogP contribution in [0.25, 0.3) is 0 Å². The highest BCUT2D eigenvalue weighted by Gasteiger charge is 2.11. The quantitative estimate of drug-likeness (QED) is 0.743. The number of para-hydroxylation sites is 1. The third kappa shape index (κ3) is 6.24. The van der Waals surface area contributed by atoms with Crippen LogP contribution in [0.3, 0.4) is 0 Å². The molecule has 0 radical (unpaired) electrons. The standard InChI is InChI=1S/C19H20Cl2N2O3/c1-23(12-13-26-17-5-3-2-4-16(17)21)18(24)10-11-22-19(25)14-6-8-15(20)9-7-14/h2-9H,10-13H2,1H3,(H,22,25). The second-order valence-electron chi connectivity index (χ2n) is 5.61. The molecular formula is C19H20Cl2N2O3. The van der Waals surface area contributed by atoms with Gasteiger partial charge in [0.2, 0.25) is 5.91 Å². The van der Waals surface area contributed by atoms with Crippen molar-refractivity contribution in [1.29, 1.82) is 0 Å². The maximum atomic E-state index is 12.1. The van der Waals surface area contributed by atoms with Gasteiger partial charge in [-0.15, -0.1) is 0 Å². The lowest BCUT2D eigenvalue weighted by Gasteiger charge is -2.18. The predicted molar refractivity (Wildman–Crippen MR) is 103 cm³/mol. The Labute approximate surface area is 162 Å². The molecule has 0 bridgehead atoms. The number of nitrogens with zero attached hydrogens (tertiary/aromatic N) is 1. The van der Waals surface area contributed by atoms with Gasteiger partial charge in [-0.1, -0.05) is 35.3 Å². The molecule has 2 aromatic carbocycles. The summed E-state index contributed by atoms with van der Waals surface area (Å²) in [6.45, 7) is 1.02. The zero-order valence-corrected chi connectivity index (χ0v) is 15.9. The Morgan fingerprint density at radius 2 is 1.77 bits per heavy atom. The normalized spacial score (nSPS) is 10.3. The molecule has 1 N–H and O–H groups in total. The summed E-state index contributed by atoms with van der Waals surface area (Å²) in [5.74, 6) is 0.272. The van der Waals surface area contributed by atoms with Gasteiger partial charge in [-0.05, 0) is 36.4 Å². The molecule has 0 spiro atoms. The number of halogens is 2. The van der Waals surface area contributed by atoms with Crippen LogP contribution in [0.5, 0.6) is 5.75 Å². The molecule has 5 nitrogen and oxygen atoms in total. The van der Waals surface area contributed by atoms with Crippen molar-refractivity contribution in [3.05, 3.63) is 64.1 Å². The number of carbonyl (C=O) groups is 2. The van der Waals surface area contributed by atoms with E-state index in [1.165, 1.54) is 0 Å². The topological polar surface area (TPSA) is 58.6 Å². The van der Waals surface area contributed by atoms with E-state index in [1.807, 2.05) is 12.1 Å². The van der Waals surface area contributed by atoms with Crippen LogP contribution in [0, 0.1) is 0 Å². The lowest BCUT2D eigenvalue weighted by molar-refractivity contribution is -0.130. The SMILES string of the molecule is CN(CCOc1ccccc1Cl)C(=O)CCNC(=O)c1ccc(Cl)cc1. The van der Waals surface area contributed by atoms with Gasteiger partial charge in [0.15, 0.2) is 0 Å². The predicted octanol–water partition coefficient (Wildman–Crippen LogP) is 3.65. The number of ether oxygens (including phenoxy) is 1. The molecule has 2 rings (SSSR count). The van der Waals surface area contributed by atoms with Crippen LogP contribution in [-0.4, -0.2) is 43.5 Å². The van der Waals surface area contributed by atoms with E-state index in [-0.39, 0.29) is 24.8 Å². The number of rotatable bonds is 8. The van der Waals surface area contributed by atoms with E-state index in [2.05, 4.69) is 5.32 Å². The zero-order valence-electron chi connectivity index (χ0n) is 14.4. The molecule has 0 saturated carbocycles. The fraction of sp³-hybridized carbons (Fsp3) is 0.263. The molecule has 0 atom stereocenters. The largest absolute Gasteiger partial charge is 0.490 e. The van der Waals surface area contributed by atoms with Crippen molar-refractivity contribution < 1.29 is 14.3 Å². The maximum Gasteiger partial charge on any atom is 0.251 e. The summed E-state index contributed by atoms with van der Waals surface area (Å²) in [6, 6.07) is 13.7. The molecule has 0 fully saturated rings. The van der Waals surface area contributed by atoms with Crippen molar-refractivity contribution in [2.75, 3.05) is 26.7 Å². The van der Waals surface area contributed by atoms with E-state index in [1.54, 1.807) is 48.3 Å². The molecule has 0 aromatic heterocycles. The molecule has 7 heteroatoms. The summed E-state index contributed by atoms with van der Waals surface area (Å²) in [4.78, 5) is 25.6. The second-order valence-corrected chi connectivity index (χ2v) is 6.45. The van der Waals surface area contributed by atoms with Crippen LogP contribution in [0.2, 0.25) is 10.0 Å². The molecule has 138 valence electrons. The summed E-state index contributed by atoms with van der Waals surface area (Å²) in [5, 5.41) is 3.82. The molecule has 0 saturated heterocycles. The van der Waals surface area contributed by atoms with Gasteiger partial charge in [0.1, 0.15) is 12.4 Å². The van der Waals surface area contributed by atoms with Crippen LogP contribution in [0.4, 0.5) is 0 Å². The Morgan fingerprint density at radius 1 is 1.08 bits per heavy atom. The van der Waals surface area contributed by atoms with Gasteiger partial charge >= 0.3 is 0 Å².